The van der Waals surface area contributed by atoms with E-state index in [0.29, 0.717) is 6.04 Å². The molecule has 1 N–H and O–H groups in total. The van der Waals surface area contributed by atoms with Gasteiger partial charge in [-0.3, -0.25) is 4.90 Å². The molecule has 0 bridgehead atoms. The van der Waals surface area contributed by atoms with Gasteiger partial charge in [0.05, 0.1) is 13.7 Å². The molecular weight excluding hydrogens is 240 g/mol. The summed E-state index contributed by atoms with van der Waals surface area (Å²) in [7, 11) is 5.44. The molecule has 1 unspecified atom stereocenters. The normalized spacial score (nSPS) is 12.7. The predicted octanol–water partition coefficient (Wildman–Crippen LogP) is 1.92. The monoisotopic (exact) mass is 266 g/mol. The standard InChI is InChI=1S/C15H26N2O2/c1-13(14-7-5-6-8-15(14)19-4)17(10-9-16-2)11-12-18-3/h5-8,13,16H,9-12H2,1-4H3. The van der Waals surface area contributed by atoms with E-state index in [4.69, 9.17) is 9.47 Å². The van der Waals surface area contributed by atoms with Gasteiger partial charge in [-0.25, -0.2) is 0 Å². The fourth-order valence-corrected chi connectivity index (χ4v) is 2.17. The zero-order chi connectivity index (χ0) is 14.1. The van der Waals surface area contributed by atoms with E-state index < -0.39 is 0 Å². The van der Waals surface area contributed by atoms with Gasteiger partial charge in [0.15, 0.2) is 0 Å². The number of methoxy groups -OCH3 is 2. The highest BCUT2D eigenvalue weighted by atomic mass is 16.5. The number of hydrogen-bond donors (Lipinski definition) is 1. The van der Waals surface area contributed by atoms with Gasteiger partial charge in [0.2, 0.25) is 0 Å². The molecule has 108 valence electrons. The maximum Gasteiger partial charge on any atom is 0.123 e. The number of nitrogens with one attached hydrogen (secondary N) is 1. The van der Waals surface area contributed by atoms with Crippen molar-refractivity contribution in [1.29, 1.82) is 0 Å². The lowest BCUT2D eigenvalue weighted by molar-refractivity contribution is 0.124. The quantitative estimate of drug-likeness (QED) is 0.740. The summed E-state index contributed by atoms with van der Waals surface area (Å²) in [5.74, 6) is 0.946. The number of ether oxygens (including phenoxy) is 2. The minimum Gasteiger partial charge on any atom is -0.496 e. The van der Waals surface area contributed by atoms with Gasteiger partial charge in [-0.1, -0.05) is 18.2 Å². The van der Waals surface area contributed by atoms with Crippen LogP contribution in [0.5, 0.6) is 5.75 Å². The van der Waals surface area contributed by atoms with Gasteiger partial charge in [0.1, 0.15) is 5.75 Å². The molecule has 0 radical (unpaired) electrons. The summed E-state index contributed by atoms with van der Waals surface area (Å²) < 4.78 is 10.7. The van der Waals surface area contributed by atoms with Crippen LogP contribution in [0.25, 0.3) is 0 Å². The molecule has 0 aliphatic carbocycles. The Balaban J connectivity index is 2.80. The van der Waals surface area contributed by atoms with Crippen LogP contribution in [-0.2, 0) is 4.74 Å². The third-order valence-corrected chi connectivity index (χ3v) is 3.37. The van der Waals surface area contributed by atoms with Gasteiger partial charge < -0.3 is 14.8 Å². The summed E-state index contributed by atoms with van der Waals surface area (Å²) in [6.45, 7) is 5.81. The lowest BCUT2D eigenvalue weighted by Crippen LogP contribution is -2.35. The predicted molar refractivity (Wildman–Crippen MR) is 78.8 cm³/mol. The van der Waals surface area contributed by atoms with Gasteiger partial charge in [-0.15, -0.1) is 0 Å². The third-order valence-electron chi connectivity index (χ3n) is 3.37. The Morgan fingerprint density at radius 2 is 1.95 bits per heavy atom. The smallest absolute Gasteiger partial charge is 0.123 e. The first-order valence-electron chi connectivity index (χ1n) is 6.75. The zero-order valence-corrected chi connectivity index (χ0v) is 12.5. The first-order valence-corrected chi connectivity index (χ1v) is 6.75. The maximum atomic E-state index is 5.45. The van der Waals surface area contributed by atoms with Crippen LogP contribution >= 0.6 is 0 Å². The highest BCUT2D eigenvalue weighted by Gasteiger charge is 2.18. The van der Waals surface area contributed by atoms with E-state index in [0.717, 1.165) is 32.0 Å². The third kappa shape index (κ3) is 4.82. The van der Waals surface area contributed by atoms with Crippen molar-refractivity contribution in [3.63, 3.8) is 0 Å². The topological polar surface area (TPSA) is 33.7 Å². The van der Waals surface area contributed by atoms with Crippen LogP contribution in [0.1, 0.15) is 18.5 Å². The number of nitrogens with zero attached hydrogens (tertiary/aromatic N) is 1. The minimum absolute atomic E-state index is 0.305. The first kappa shape index (κ1) is 16.0. The Labute approximate surface area is 116 Å². The van der Waals surface area contributed by atoms with E-state index in [1.165, 1.54) is 5.56 Å². The average molecular weight is 266 g/mol. The average Bonchev–Trinajstić information content (AvgIpc) is 2.46. The minimum atomic E-state index is 0.305. The molecule has 4 nitrogen and oxygen atoms in total. The van der Waals surface area contributed by atoms with Gasteiger partial charge >= 0.3 is 0 Å². The van der Waals surface area contributed by atoms with Crippen molar-refractivity contribution in [3.8, 4) is 5.75 Å². The van der Waals surface area contributed by atoms with E-state index in [1.807, 2.05) is 19.2 Å². The molecule has 0 saturated heterocycles. The second-order valence-corrected chi connectivity index (χ2v) is 4.55. The molecule has 0 saturated carbocycles. The van der Waals surface area contributed by atoms with Crippen LogP contribution in [0, 0.1) is 0 Å². The van der Waals surface area contributed by atoms with Crippen LogP contribution < -0.4 is 10.1 Å². The van der Waals surface area contributed by atoms with E-state index in [1.54, 1.807) is 14.2 Å². The molecular formula is C15H26N2O2. The Hall–Kier alpha value is -1.10. The van der Waals surface area contributed by atoms with E-state index >= 15 is 0 Å². The van der Waals surface area contributed by atoms with Crippen LogP contribution in [0.4, 0.5) is 0 Å². The van der Waals surface area contributed by atoms with Gasteiger partial charge in [-0.05, 0) is 20.0 Å². The van der Waals surface area contributed by atoms with Crippen molar-refractivity contribution in [2.24, 2.45) is 0 Å². The van der Waals surface area contributed by atoms with Crippen molar-refractivity contribution in [1.82, 2.24) is 10.2 Å². The molecule has 1 rings (SSSR count). The Morgan fingerprint density at radius 1 is 1.21 bits per heavy atom. The number of likely N-dealkylation sites (N-methyl/N-ethyl adjacent to an activating group) is 1. The van der Waals surface area contributed by atoms with Crippen LogP contribution in [0.15, 0.2) is 24.3 Å². The molecule has 1 aromatic carbocycles. The zero-order valence-electron chi connectivity index (χ0n) is 12.5. The molecule has 19 heavy (non-hydrogen) atoms. The van der Waals surface area contributed by atoms with Crippen molar-refractivity contribution in [2.45, 2.75) is 13.0 Å². The second-order valence-electron chi connectivity index (χ2n) is 4.55. The molecule has 0 fully saturated rings. The van der Waals surface area contributed by atoms with Crippen molar-refractivity contribution in [3.05, 3.63) is 29.8 Å². The molecule has 0 spiro atoms. The van der Waals surface area contributed by atoms with E-state index in [-0.39, 0.29) is 0 Å². The SMILES string of the molecule is CNCCN(CCOC)C(C)c1ccccc1OC. The van der Waals surface area contributed by atoms with Crippen molar-refractivity contribution in [2.75, 3.05) is 47.5 Å². The largest absolute Gasteiger partial charge is 0.496 e. The van der Waals surface area contributed by atoms with Gasteiger partial charge in [0.25, 0.3) is 0 Å². The number of rotatable bonds is 9. The number of benzene rings is 1. The Kier molecular flexibility index (Phi) is 7.48. The second kappa shape index (κ2) is 8.91. The molecule has 0 aliphatic heterocycles. The summed E-state index contributed by atoms with van der Waals surface area (Å²) in [4.78, 5) is 2.40. The van der Waals surface area contributed by atoms with E-state index in [9.17, 15) is 0 Å². The highest BCUT2D eigenvalue weighted by molar-refractivity contribution is 5.35. The summed E-state index contributed by atoms with van der Waals surface area (Å²) >= 11 is 0. The van der Waals surface area contributed by atoms with Crippen molar-refractivity contribution < 1.29 is 9.47 Å². The lowest BCUT2D eigenvalue weighted by atomic mass is 10.1. The summed E-state index contributed by atoms with van der Waals surface area (Å²) in [6.07, 6.45) is 0. The Bertz CT molecular complexity index is 350. The molecule has 1 atom stereocenters. The molecule has 0 aliphatic rings. The summed E-state index contributed by atoms with van der Waals surface area (Å²) in [6, 6.07) is 8.50. The highest BCUT2D eigenvalue weighted by Crippen LogP contribution is 2.28. The number of hydrogen-bond acceptors (Lipinski definition) is 4. The van der Waals surface area contributed by atoms with Crippen LogP contribution in [0.2, 0.25) is 0 Å². The first-order chi connectivity index (χ1) is 9.24. The molecule has 1 aromatic rings. The molecule has 0 amide bonds. The summed E-state index contributed by atoms with van der Waals surface area (Å²) in [5.41, 5.74) is 1.22. The number of para-hydroxylation sites is 1. The Morgan fingerprint density at radius 3 is 2.58 bits per heavy atom. The molecule has 0 aromatic heterocycles. The lowest BCUT2D eigenvalue weighted by Gasteiger charge is -2.30. The van der Waals surface area contributed by atoms with Crippen molar-refractivity contribution >= 4 is 0 Å². The summed E-state index contributed by atoms with van der Waals surface area (Å²) in [5, 5.41) is 3.20. The fraction of sp³-hybridized carbons (Fsp3) is 0.600. The fourth-order valence-electron chi connectivity index (χ4n) is 2.17. The van der Waals surface area contributed by atoms with Crippen LogP contribution in [-0.4, -0.2) is 52.4 Å². The van der Waals surface area contributed by atoms with E-state index in [2.05, 4.69) is 29.3 Å². The molecule has 4 heteroatoms. The van der Waals surface area contributed by atoms with Crippen LogP contribution in [0.3, 0.4) is 0 Å². The molecule has 0 heterocycles. The van der Waals surface area contributed by atoms with Gasteiger partial charge in [-0.2, -0.15) is 0 Å². The maximum absolute atomic E-state index is 5.45. The van der Waals surface area contributed by atoms with Gasteiger partial charge in [0, 0.05) is 38.3 Å².